The Bertz CT molecular complexity index is 225. The molecule has 2 rings (SSSR count). The van der Waals surface area contributed by atoms with Crippen molar-refractivity contribution >= 4 is 0 Å². The van der Waals surface area contributed by atoms with Crippen LogP contribution in [0.15, 0.2) is 0 Å². The van der Waals surface area contributed by atoms with Crippen LogP contribution in [-0.4, -0.2) is 49.7 Å². The first kappa shape index (κ1) is 15.2. The SMILES string of the molecule is OC(CNCCC1CCCCO1)COC1CCCC1. The topological polar surface area (TPSA) is 50.7 Å². The van der Waals surface area contributed by atoms with Crippen LogP contribution >= 0.6 is 0 Å². The zero-order valence-corrected chi connectivity index (χ0v) is 12.0. The summed E-state index contributed by atoms with van der Waals surface area (Å²) in [7, 11) is 0. The van der Waals surface area contributed by atoms with E-state index in [1.165, 1.54) is 44.9 Å². The van der Waals surface area contributed by atoms with Crippen LogP contribution in [0, 0.1) is 0 Å². The zero-order chi connectivity index (χ0) is 13.3. The van der Waals surface area contributed by atoms with E-state index in [4.69, 9.17) is 9.47 Å². The van der Waals surface area contributed by atoms with Crippen LogP contribution in [0.5, 0.6) is 0 Å². The Morgan fingerprint density at radius 2 is 1.95 bits per heavy atom. The molecule has 0 radical (unpaired) electrons. The highest BCUT2D eigenvalue weighted by Gasteiger charge is 2.17. The Morgan fingerprint density at radius 3 is 2.68 bits per heavy atom. The summed E-state index contributed by atoms with van der Waals surface area (Å²) in [5.41, 5.74) is 0. The standard InChI is InChI=1S/C15H29NO3/c17-13(12-19-14-5-1-2-6-14)11-16-9-8-15-7-3-4-10-18-15/h13-17H,1-12H2. The number of nitrogens with one attached hydrogen (secondary N) is 1. The molecule has 2 atom stereocenters. The predicted molar refractivity (Wildman–Crippen MR) is 75.3 cm³/mol. The fraction of sp³-hybridized carbons (Fsp3) is 1.00. The van der Waals surface area contributed by atoms with Crippen molar-refractivity contribution in [1.82, 2.24) is 5.32 Å². The van der Waals surface area contributed by atoms with Crippen LogP contribution in [-0.2, 0) is 9.47 Å². The smallest absolute Gasteiger partial charge is 0.0897 e. The van der Waals surface area contributed by atoms with Gasteiger partial charge < -0.3 is 19.9 Å². The largest absolute Gasteiger partial charge is 0.389 e. The van der Waals surface area contributed by atoms with Gasteiger partial charge in [0.1, 0.15) is 0 Å². The molecule has 0 spiro atoms. The first-order valence-electron chi connectivity index (χ1n) is 7.96. The van der Waals surface area contributed by atoms with Crippen molar-refractivity contribution in [2.24, 2.45) is 0 Å². The third kappa shape index (κ3) is 6.21. The Labute approximate surface area is 116 Å². The van der Waals surface area contributed by atoms with E-state index < -0.39 is 0 Å². The molecule has 2 fully saturated rings. The summed E-state index contributed by atoms with van der Waals surface area (Å²) < 4.78 is 11.4. The molecule has 2 N–H and O–H groups in total. The van der Waals surface area contributed by atoms with Crippen LogP contribution in [0.1, 0.15) is 51.4 Å². The van der Waals surface area contributed by atoms with Crippen molar-refractivity contribution in [2.75, 3.05) is 26.3 Å². The van der Waals surface area contributed by atoms with Crippen molar-refractivity contribution in [3.8, 4) is 0 Å². The molecular formula is C15H29NO3. The lowest BCUT2D eigenvalue weighted by Crippen LogP contribution is -2.33. The second kappa shape index (κ2) is 8.90. The Kier molecular flexibility index (Phi) is 7.14. The number of rotatable bonds is 8. The molecule has 0 amide bonds. The minimum atomic E-state index is -0.382. The minimum Gasteiger partial charge on any atom is -0.389 e. The van der Waals surface area contributed by atoms with Crippen molar-refractivity contribution < 1.29 is 14.6 Å². The molecule has 4 heteroatoms. The van der Waals surface area contributed by atoms with Crippen LogP contribution in [0.25, 0.3) is 0 Å². The molecule has 2 aliphatic rings. The van der Waals surface area contributed by atoms with Gasteiger partial charge in [-0.3, -0.25) is 0 Å². The van der Waals surface area contributed by atoms with Gasteiger partial charge in [0.05, 0.1) is 24.9 Å². The average molecular weight is 271 g/mol. The summed E-state index contributed by atoms with van der Waals surface area (Å²) in [5.74, 6) is 0. The van der Waals surface area contributed by atoms with E-state index >= 15 is 0 Å². The highest BCUT2D eigenvalue weighted by molar-refractivity contribution is 4.69. The summed E-state index contributed by atoms with van der Waals surface area (Å²) in [5, 5.41) is 13.1. The number of ether oxygens (including phenoxy) is 2. The molecule has 1 saturated carbocycles. The average Bonchev–Trinajstić information content (AvgIpc) is 2.96. The zero-order valence-electron chi connectivity index (χ0n) is 12.0. The van der Waals surface area contributed by atoms with E-state index in [0.717, 1.165) is 19.6 Å². The van der Waals surface area contributed by atoms with Gasteiger partial charge in [-0.1, -0.05) is 12.8 Å². The van der Waals surface area contributed by atoms with Gasteiger partial charge in [-0.25, -0.2) is 0 Å². The summed E-state index contributed by atoms with van der Waals surface area (Å²) in [6.07, 6.45) is 10.1. The van der Waals surface area contributed by atoms with Crippen LogP contribution < -0.4 is 5.32 Å². The van der Waals surface area contributed by atoms with E-state index in [1.807, 2.05) is 0 Å². The van der Waals surface area contributed by atoms with Crippen molar-refractivity contribution in [3.63, 3.8) is 0 Å². The summed E-state index contributed by atoms with van der Waals surface area (Å²) in [6, 6.07) is 0. The van der Waals surface area contributed by atoms with Crippen molar-refractivity contribution in [1.29, 1.82) is 0 Å². The molecule has 19 heavy (non-hydrogen) atoms. The fourth-order valence-electron chi connectivity index (χ4n) is 2.93. The van der Waals surface area contributed by atoms with Gasteiger partial charge in [-0.15, -0.1) is 0 Å². The summed E-state index contributed by atoms with van der Waals surface area (Å²) in [6.45, 7) is 2.94. The second-order valence-electron chi connectivity index (χ2n) is 5.88. The molecule has 0 aromatic rings. The van der Waals surface area contributed by atoms with E-state index in [2.05, 4.69) is 5.32 Å². The van der Waals surface area contributed by atoms with E-state index in [9.17, 15) is 5.11 Å². The first-order valence-corrected chi connectivity index (χ1v) is 7.96. The van der Waals surface area contributed by atoms with Crippen LogP contribution in [0.4, 0.5) is 0 Å². The second-order valence-corrected chi connectivity index (χ2v) is 5.88. The van der Waals surface area contributed by atoms with Gasteiger partial charge >= 0.3 is 0 Å². The molecular weight excluding hydrogens is 242 g/mol. The monoisotopic (exact) mass is 271 g/mol. The molecule has 4 nitrogen and oxygen atoms in total. The minimum absolute atomic E-state index is 0.382. The van der Waals surface area contributed by atoms with Crippen LogP contribution in [0.3, 0.4) is 0 Å². The highest BCUT2D eigenvalue weighted by atomic mass is 16.5. The van der Waals surface area contributed by atoms with Gasteiger partial charge in [0.15, 0.2) is 0 Å². The fourth-order valence-corrected chi connectivity index (χ4v) is 2.93. The molecule has 0 bridgehead atoms. The van der Waals surface area contributed by atoms with E-state index in [-0.39, 0.29) is 6.10 Å². The molecule has 1 aliphatic carbocycles. The first-order chi connectivity index (χ1) is 9.34. The number of aliphatic hydroxyl groups is 1. The van der Waals surface area contributed by atoms with Gasteiger partial charge in [0.2, 0.25) is 0 Å². The third-order valence-electron chi connectivity index (χ3n) is 4.12. The molecule has 2 unspecified atom stereocenters. The van der Waals surface area contributed by atoms with Gasteiger partial charge in [0, 0.05) is 13.2 Å². The Morgan fingerprint density at radius 1 is 1.16 bits per heavy atom. The lowest BCUT2D eigenvalue weighted by molar-refractivity contribution is -0.00726. The molecule has 112 valence electrons. The molecule has 1 aliphatic heterocycles. The van der Waals surface area contributed by atoms with Crippen molar-refractivity contribution in [3.05, 3.63) is 0 Å². The Hall–Kier alpha value is -0.160. The summed E-state index contributed by atoms with van der Waals surface area (Å²) >= 11 is 0. The van der Waals surface area contributed by atoms with E-state index in [1.54, 1.807) is 0 Å². The van der Waals surface area contributed by atoms with Gasteiger partial charge in [-0.05, 0) is 45.1 Å². The van der Waals surface area contributed by atoms with Gasteiger partial charge in [-0.2, -0.15) is 0 Å². The lowest BCUT2D eigenvalue weighted by atomic mass is 10.1. The van der Waals surface area contributed by atoms with E-state index in [0.29, 0.717) is 25.4 Å². The highest BCUT2D eigenvalue weighted by Crippen LogP contribution is 2.20. The van der Waals surface area contributed by atoms with Crippen LogP contribution in [0.2, 0.25) is 0 Å². The third-order valence-corrected chi connectivity index (χ3v) is 4.12. The lowest BCUT2D eigenvalue weighted by Gasteiger charge is -2.23. The quantitative estimate of drug-likeness (QED) is 0.662. The maximum absolute atomic E-state index is 9.83. The summed E-state index contributed by atoms with van der Waals surface area (Å²) in [4.78, 5) is 0. The van der Waals surface area contributed by atoms with Crippen molar-refractivity contribution in [2.45, 2.75) is 69.7 Å². The predicted octanol–water partition coefficient (Wildman–Crippen LogP) is 1.86. The molecule has 1 heterocycles. The Balaban J connectivity index is 1.43. The number of aliphatic hydroxyl groups excluding tert-OH is 1. The number of hydrogen-bond acceptors (Lipinski definition) is 4. The number of hydrogen-bond donors (Lipinski definition) is 2. The molecule has 0 aromatic heterocycles. The molecule has 1 saturated heterocycles. The molecule has 0 aromatic carbocycles. The maximum Gasteiger partial charge on any atom is 0.0897 e. The van der Waals surface area contributed by atoms with Gasteiger partial charge in [0.25, 0.3) is 0 Å². The normalized spacial score (nSPS) is 26.7. The maximum atomic E-state index is 9.83.